The topological polar surface area (TPSA) is 56.0 Å². The van der Waals surface area contributed by atoms with Gasteiger partial charge in [0.15, 0.2) is 0 Å². The van der Waals surface area contributed by atoms with Crippen molar-refractivity contribution in [2.45, 2.75) is 17.8 Å². The Balaban J connectivity index is 1.46. The van der Waals surface area contributed by atoms with Crippen LogP contribution < -0.4 is 0 Å². The van der Waals surface area contributed by atoms with Crippen LogP contribution in [0.2, 0.25) is 0 Å². The minimum atomic E-state index is 0.641. The molecule has 5 aromatic rings. The van der Waals surface area contributed by atoms with Crippen LogP contribution in [-0.4, -0.2) is 24.6 Å². The van der Waals surface area contributed by atoms with E-state index in [1.165, 1.54) is 5.56 Å². The monoisotopic (exact) mass is 409 g/mol. The number of rotatable bonds is 5. The van der Waals surface area contributed by atoms with Gasteiger partial charge in [-0.2, -0.15) is 0 Å². The summed E-state index contributed by atoms with van der Waals surface area (Å²) in [6.45, 7) is 2.08. The van der Waals surface area contributed by atoms with Crippen molar-refractivity contribution in [3.05, 3.63) is 96.4 Å². The lowest BCUT2D eigenvalue weighted by Gasteiger charge is -2.09. The van der Waals surface area contributed by atoms with Gasteiger partial charge in [0.2, 0.25) is 5.16 Å². The fourth-order valence-corrected chi connectivity index (χ4v) is 3.99. The van der Waals surface area contributed by atoms with Gasteiger partial charge in [-0.3, -0.25) is 0 Å². The average Bonchev–Trinajstić information content (AvgIpc) is 3.21. The van der Waals surface area contributed by atoms with E-state index in [-0.39, 0.29) is 0 Å². The number of pyridine rings is 1. The smallest absolute Gasteiger partial charge is 0.210 e. The normalized spacial score (nSPS) is 11.1. The Morgan fingerprint density at radius 2 is 1.43 bits per heavy atom. The molecule has 3 aromatic heterocycles. The Kier molecular flexibility index (Phi) is 4.99. The fourth-order valence-electron chi connectivity index (χ4n) is 3.32. The van der Waals surface area contributed by atoms with Gasteiger partial charge >= 0.3 is 0 Å². The van der Waals surface area contributed by atoms with Gasteiger partial charge in [-0.25, -0.2) is 9.97 Å². The number of nitrogens with zero attached hydrogens (tertiary/aromatic N) is 5. The number of benzene rings is 2. The lowest BCUT2D eigenvalue weighted by Crippen LogP contribution is -1.99. The molecular weight excluding hydrogens is 390 g/mol. The number of aryl methyl sites for hydroxylation is 1. The Bertz CT molecular complexity index is 1300. The molecule has 3 heterocycles. The van der Waals surface area contributed by atoms with Crippen molar-refractivity contribution in [1.29, 1.82) is 0 Å². The minimum Gasteiger partial charge on any atom is -0.307 e. The van der Waals surface area contributed by atoms with Crippen molar-refractivity contribution in [2.75, 3.05) is 0 Å². The molecule has 2 aromatic carbocycles. The highest BCUT2D eigenvalue weighted by molar-refractivity contribution is 7.98. The van der Waals surface area contributed by atoms with E-state index in [0.29, 0.717) is 10.9 Å². The molecule has 0 unspecified atom stereocenters. The summed E-state index contributed by atoms with van der Waals surface area (Å²) >= 11 is 1.55. The first kappa shape index (κ1) is 18.5. The molecule has 5 rings (SSSR count). The molecule has 0 aliphatic heterocycles. The lowest BCUT2D eigenvalue weighted by molar-refractivity contribution is 0.849. The van der Waals surface area contributed by atoms with E-state index in [9.17, 15) is 0 Å². The molecule has 0 spiro atoms. The van der Waals surface area contributed by atoms with Crippen molar-refractivity contribution >= 4 is 17.4 Å². The molecule has 0 radical (unpaired) electrons. The van der Waals surface area contributed by atoms with Crippen LogP contribution in [0.4, 0.5) is 0 Å². The highest BCUT2D eigenvalue weighted by atomic mass is 32.2. The van der Waals surface area contributed by atoms with Crippen molar-refractivity contribution < 1.29 is 0 Å². The number of hydrogen-bond acceptors (Lipinski definition) is 5. The van der Waals surface area contributed by atoms with E-state index in [1.807, 2.05) is 54.6 Å². The second-order valence-corrected chi connectivity index (χ2v) is 7.96. The quantitative estimate of drug-likeness (QED) is 0.361. The molecule has 30 heavy (non-hydrogen) atoms. The van der Waals surface area contributed by atoms with Gasteiger partial charge in [-0.05, 0) is 18.6 Å². The number of imidazole rings is 1. The molecular formula is C24H19N5S. The second-order valence-electron chi connectivity index (χ2n) is 7.02. The maximum atomic E-state index is 4.86. The first-order chi connectivity index (χ1) is 14.8. The number of aromatic nitrogens is 5. The van der Waals surface area contributed by atoms with E-state index in [0.717, 1.165) is 33.9 Å². The lowest BCUT2D eigenvalue weighted by atomic mass is 10.0. The van der Waals surface area contributed by atoms with E-state index in [2.05, 4.69) is 57.1 Å². The predicted octanol–water partition coefficient (Wildman–Crippen LogP) is 5.45. The zero-order valence-corrected chi connectivity index (χ0v) is 17.3. The molecule has 0 saturated heterocycles. The summed E-state index contributed by atoms with van der Waals surface area (Å²) in [6.07, 6.45) is 4.13. The highest BCUT2D eigenvalue weighted by Gasteiger charge is 2.14. The van der Waals surface area contributed by atoms with Gasteiger partial charge in [0.25, 0.3) is 0 Å². The van der Waals surface area contributed by atoms with Crippen LogP contribution in [0.15, 0.2) is 90.3 Å². The number of hydrogen-bond donors (Lipinski definition) is 0. The molecule has 146 valence electrons. The first-order valence-electron chi connectivity index (χ1n) is 9.69. The van der Waals surface area contributed by atoms with Crippen molar-refractivity contribution in [2.24, 2.45) is 0 Å². The number of thioether (sulfide) groups is 1. The maximum absolute atomic E-state index is 4.86. The van der Waals surface area contributed by atoms with E-state index in [1.54, 1.807) is 11.8 Å². The van der Waals surface area contributed by atoms with Crippen molar-refractivity contribution in [3.63, 3.8) is 0 Å². The van der Waals surface area contributed by atoms with Crippen molar-refractivity contribution in [1.82, 2.24) is 24.6 Å². The van der Waals surface area contributed by atoms with Crippen LogP contribution in [0.1, 0.15) is 11.3 Å². The molecule has 0 amide bonds. The zero-order valence-electron chi connectivity index (χ0n) is 16.4. The molecule has 0 atom stereocenters. The second kappa shape index (κ2) is 8.08. The van der Waals surface area contributed by atoms with E-state index < -0.39 is 0 Å². The van der Waals surface area contributed by atoms with Gasteiger partial charge in [-0.1, -0.05) is 78.5 Å². The summed E-state index contributed by atoms with van der Waals surface area (Å²) in [5.41, 5.74) is 6.79. The van der Waals surface area contributed by atoms with Crippen LogP contribution in [-0.2, 0) is 5.75 Å². The molecule has 0 saturated carbocycles. The third-order valence-corrected chi connectivity index (χ3v) is 5.63. The highest BCUT2D eigenvalue weighted by Crippen LogP contribution is 2.30. The van der Waals surface area contributed by atoms with Crippen molar-refractivity contribution in [3.8, 4) is 22.5 Å². The Morgan fingerprint density at radius 3 is 2.17 bits per heavy atom. The van der Waals surface area contributed by atoms with E-state index in [4.69, 9.17) is 4.98 Å². The van der Waals surface area contributed by atoms with Crippen LogP contribution in [0, 0.1) is 6.92 Å². The average molecular weight is 410 g/mol. The zero-order chi connectivity index (χ0) is 20.3. The molecule has 0 fully saturated rings. The molecule has 5 nitrogen and oxygen atoms in total. The molecule has 0 bridgehead atoms. The molecule has 0 N–H and O–H groups in total. The van der Waals surface area contributed by atoms with Gasteiger partial charge in [-0.15, -0.1) is 10.2 Å². The summed E-state index contributed by atoms with van der Waals surface area (Å²) in [4.78, 5) is 9.54. The van der Waals surface area contributed by atoms with Gasteiger partial charge in [0, 0.05) is 29.3 Å². The number of fused-ring (bicyclic) bond motifs is 1. The Hall–Kier alpha value is -3.51. The first-order valence-corrected chi connectivity index (χ1v) is 10.7. The van der Waals surface area contributed by atoms with Gasteiger partial charge < -0.3 is 4.40 Å². The summed E-state index contributed by atoms with van der Waals surface area (Å²) in [5, 5.41) is 9.57. The maximum Gasteiger partial charge on any atom is 0.210 e. The standard InChI is InChI=1S/C24H19N5S/c1-17-12-13-21-25-20(15-29(21)14-17)16-30-24-26-22(18-8-4-2-5-9-18)23(27-28-24)19-10-6-3-7-11-19/h2-15H,16H2,1H3. The summed E-state index contributed by atoms with van der Waals surface area (Å²) in [6, 6.07) is 24.3. The summed E-state index contributed by atoms with van der Waals surface area (Å²) in [5.74, 6) is 0.682. The van der Waals surface area contributed by atoms with Crippen LogP contribution in [0.3, 0.4) is 0 Å². The van der Waals surface area contributed by atoms with Crippen LogP contribution in [0.25, 0.3) is 28.2 Å². The van der Waals surface area contributed by atoms with Crippen LogP contribution in [0.5, 0.6) is 0 Å². The van der Waals surface area contributed by atoms with E-state index >= 15 is 0 Å². The third kappa shape index (κ3) is 3.82. The van der Waals surface area contributed by atoms with Gasteiger partial charge in [0.1, 0.15) is 17.0 Å². The third-order valence-electron chi connectivity index (χ3n) is 4.76. The largest absolute Gasteiger partial charge is 0.307 e. The molecule has 0 aliphatic rings. The SMILES string of the molecule is Cc1ccc2nc(CSc3nnc(-c4ccccc4)c(-c4ccccc4)n3)cn2c1. The summed E-state index contributed by atoms with van der Waals surface area (Å²) in [7, 11) is 0. The van der Waals surface area contributed by atoms with Crippen LogP contribution >= 0.6 is 11.8 Å². The predicted molar refractivity (Wildman–Crippen MR) is 120 cm³/mol. The molecule has 6 heteroatoms. The fraction of sp³-hybridized carbons (Fsp3) is 0.0833. The Morgan fingerprint density at radius 1 is 0.733 bits per heavy atom. The Labute approximate surface area is 178 Å². The minimum absolute atomic E-state index is 0.641. The summed E-state index contributed by atoms with van der Waals surface area (Å²) < 4.78 is 2.05. The van der Waals surface area contributed by atoms with Gasteiger partial charge in [0.05, 0.1) is 5.69 Å². The molecule has 0 aliphatic carbocycles.